The van der Waals surface area contributed by atoms with E-state index in [1.54, 1.807) is 0 Å². The summed E-state index contributed by atoms with van der Waals surface area (Å²) in [6.45, 7) is 0.224. The van der Waals surface area contributed by atoms with E-state index in [1.165, 1.54) is 24.0 Å². The van der Waals surface area contributed by atoms with E-state index in [2.05, 4.69) is 24.3 Å². The van der Waals surface area contributed by atoms with Gasteiger partial charge in [0, 0.05) is 18.1 Å². The van der Waals surface area contributed by atoms with Gasteiger partial charge in [-0.3, -0.25) is 0 Å². The van der Waals surface area contributed by atoms with Gasteiger partial charge in [0.05, 0.1) is 0 Å². The Hall–Kier alpha value is -0.570. The van der Waals surface area contributed by atoms with Gasteiger partial charge in [-0.25, -0.2) is 0 Å². The molecule has 94 valence electrons. The van der Waals surface area contributed by atoms with Gasteiger partial charge in [0.2, 0.25) is 0 Å². The highest BCUT2D eigenvalue weighted by molar-refractivity contribution is 5.85. The van der Waals surface area contributed by atoms with Gasteiger partial charge < -0.3 is 10.8 Å². The molecule has 17 heavy (non-hydrogen) atoms. The Morgan fingerprint density at radius 1 is 1.29 bits per heavy atom. The van der Waals surface area contributed by atoms with Crippen LogP contribution < -0.4 is 5.73 Å². The molecule has 1 fully saturated rings. The lowest BCUT2D eigenvalue weighted by atomic mass is 9.66. The van der Waals surface area contributed by atoms with Gasteiger partial charge >= 0.3 is 0 Å². The monoisotopic (exact) mass is 253 g/mol. The quantitative estimate of drug-likeness (QED) is 0.806. The number of hydrogen-bond acceptors (Lipinski definition) is 2. The number of hydrogen-bond donors (Lipinski definition) is 2. The van der Waals surface area contributed by atoms with Crippen LogP contribution in [0.5, 0.6) is 0 Å². The van der Waals surface area contributed by atoms with Gasteiger partial charge in [0.15, 0.2) is 0 Å². The van der Waals surface area contributed by atoms with E-state index < -0.39 is 0 Å². The normalized spacial score (nSPS) is 34.7. The van der Waals surface area contributed by atoms with Crippen LogP contribution in [0.15, 0.2) is 24.3 Å². The average molecular weight is 254 g/mol. The molecule has 0 bridgehead atoms. The molecule has 2 aliphatic carbocycles. The second-order valence-corrected chi connectivity index (χ2v) is 5.30. The second-order valence-electron chi connectivity index (χ2n) is 5.30. The molecular formula is C14H20ClNO. The predicted octanol–water partition coefficient (Wildman–Crippen LogP) is 2.23. The van der Waals surface area contributed by atoms with E-state index in [0.717, 1.165) is 12.8 Å². The Morgan fingerprint density at radius 2 is 2.06 bits per heavy atom. The van der Waals surface area contributed by atoms with E-state index in [0.29, 0.717) is 5.92 Å². The Morgan fingerprint density at radius 3 is 2.82 bits per heavy atom. The summed E-state index contributed by atoms with van der Waals surface area (Å²) in [6, 6.07) is 8.51. The van der Waals surface area contributed by atoms with Gasteiger partial charge in [-0.15, -0.1) is 12.4 Å². The third kappa shape index (κ3) is 1.70. The van der Waals surface area contributed by atoms with Crippen LogP contribution in [0.1, 0.15) is 30.4 Å². The van der Waals surface area contributed by atoms with Crippen molar-refractivity contribution < 1.29 is 5.11 Å². The van der Waals surface area contributed by atoms with E-state index >= 15 is 0 Å². The first kappa shape index (κ1) is 12.9. The van der Waals surface area contributed by atoms with Crippen molar-refractivity contribution in [2.75, 3.05) is 6.61 Å². The topological polar surface area (TPSA) is 46.2 Å². The minimum absolute atomic E-state index is 0. The molecule has 0 aliphatic heterocycles. The van der Waals surface area contributed by atoms with Gasteiger partial charge in [0.1, 0.15) is 0 Å². The number of fused-ring (bicyclic) bond motifs is 3. The summed E-state index contributed by atoms with van der Waals surface area (Å²) in [6.07, 6.45) is 4.59. The van der Waals surface area contributed by atoms with Gasteiger partial charge in [-0.05, 0) is 36.3 Å². The van der Waals surface area contributed by atoms with Crippen molar-refractivity contribution >= 4 is 12.4 Å². The minimum atomic E-state index is -0.260. The van der Waals surface area contributed by atoms with E-state index in [-0.39, 0.29) is 30.5 Å². The van der Waals surface area contributed by atoms with Crippen molar-refractivity contribution in [1.29, 1.82) is 0 Å². The second kappa shape index (κ2) is 4.60. The number of benzene rings is 1. The molecule has 3 rings (SSSR count). The number of aliphatic hydroxyl groups excluding tert-OH is 1. The van der Waals surface area contributed by atoms with Crippen LogP contribution in [-0.4, -0.2) is 11.7 Å². The molecule has 1 aromatic rings. The summed E-state index contributed by atoms with van der Waals surface area (Å²) < 4.78 is 0. The molecule has 0 heterocycles. The zero-order valence-electron chi connectivity index (χ0n) is 9.93. The molecule has 0 aromatic heterocycles. The Labute approximate surface area is 109 Å². The van der Waals surface area contributed by atoms with Crippen LogP contribution in [0.25, 0.3) is 0 Å². The largest absolute Gasteiger partial charge is 0.396 e. The fourth-order valence-electron chi connectivity index (χ4n) is 3.76. The van der Waals surface area contributed by atoms with E-state index in [4.69, 9.17) is 5.73 Å². The van der Waals surface area contributed by atoms with E-state index in [1.807, 2.05) is 0 Å². The highest BCUT2D eigenvalue weighted by Crippen LogP contribution is 2.50. The molecule has 3 N–H and O–H groups in total. The molecule has 1 aromatic carbocycles. The number of halogens is 1. The van der Waals surface area contributed by atoms with Crippen molar-refractivity contribution in [3.05, 3.63) is 35.4 Å². The van der Waals surface area contributed by atoms with Crippen LogP contribution in [-0.2, 0) is 12.0 Å². The highest BCUT2D eigenvalue weighted by Gasteiger charge is 2.50. The van der Waals surface area contributed by atoms with Gasteiger partial charge in [0.25, 0.3) is 0 Å². The van der Waals surface area contributed by atoms with Crippen molar-refractivity contribution in [1.82, 2.24) is 0 Å². The molecule has 1 unspecified atom stereocenters. The molecular weight excluding hydrogens is 234 g/mol. The fraction of sp³-hybridized carbons (Fsp3) is 0.571. The van der Waals surface area contributed by atoms with Crippen LogP contribution in [0.2, 0.25) is 0 Å². The van der Waals surface area contributed by atoms with Gasteiger partial charge in [-0.1, -0.05) is 30.7 Å². The predicted molar refractivity (Wildman–Crippen MR) is 71.2 cm³/mol. The average Bonchev–Trinajstić information content (AvgIpc) is 2.62. The molecule has 3 heteroatoms. The Balaban J connectivity index is 0.00000108. The summed E-state index contributed by atoms with van der Waals surface area (Å²) in [5.41, 5.74) is 9.10. The van der Waals surface area contributed by atoms with Crippen molar-refractivity contribution in [3.8, 4) is 0 Å². The minimum Gasteiger partial charge on any atom is -0.396 e. The lowest BCUT2D eigenvalue weighted by Gasteiger charge is -2.43. The molecule has 2 aliphatic rings. The maximum absolute atomic E-state index is 9.55. The Bertz CT molecular complexity index is 401. The molecule has 1 saturated carbocycles. The lowest BCUT2D eigenvalue weighted by Crippen LogP contribution is -2.51. The SMILES string of the molecule is Cl.N[C@]12c3ccccc3C[C@H]1CCCC2CO. The molecule has 0 spiro atoms. The number of aliphatic hydroxyl groups is 1. The smallest absolute Gasteiger partial charge is 0.0494 e. The summed E-state index contributed by atoms with van der Waals surface area (Å²) in [4.78, 5) is 0. The third-order valence-electron chi connectivity index (χ3n) is 4.63. The maximum Gasteiger partial charge on any atom is 0.0494 e. The first-order valence-electron chi connectivity index (χ1n) is 6.25. The summed E-state index contributed by atoms with van der Waals surface area (Å²) in [5.74, 6) is 0.783. The summed E-state index contributed by atoms with van der Waals surface area (Å²) in [7, 11) is 0. The molecule has 2 nitrogen and oxygen atoms in total. The Kier molecular flexibility index (Phi) is 3.48. The first-order chi connectivity index (χ1) is 7.76. The first-order valence-corrected chi connectivity index (χ1v) is 6.25. The van der Waals surface area contributed by atoms with Crippen LogP contribution >= 0.6 is 12.4 Å². The molecule has 0 saturated heterocycles. The zero-order valence-corrected chi connectivity index (χ0v) is 10.7. The number of rotatable bonds is 1. The molecule has 0 radical (unpaired) electrons. The maximum atomic E-state index is 9.55. The van der Waals surface area contributed by atoms with E-state index in [9.17, 15) is 5.11 Å². The summed E-state index contributed by atoms with van der Waals surface area (Å²) >= 11 is 0. The van der Waals surface area contributed by atoms with Crippen LogP contribution in [0.3, 0.4) is 0 Å². The standard InChI is InChI=1S/C14H19NO.ClH/c15-14-11(5-3-6-12(14)9-16)8-10-4-1-2-7-13(10)14;/h1-2,4,7,11-12,16H,3,5-6,8-9,15H2;1H/t11-,12?,14-;/m1./s1. The fourth-order valence-corrected chi connectivity index (χ4v) is 3.76. The highest BCUT2D eigenvalue weighted by atomic mass is 35.5. The number of nitrogens with two attached hydrogens (primary N) is 1. The molecule has 0 amide bonds. The van der Waals surface area contributed by atoms with Crippen molar-refractivity contribution in [2.45, 2.75) is 31.2 Å². The van der Waals surface area contributed by atoms with Crippen molar-refractivity contribution in [2.24, 2.45) is 17.6 Å². The lowest BCUT2D eigenvalue weighted by molar-refractivity contribution is 0.0704. The van der Waals surface area contributed by atoms with Gasteiger partial charge in [-0.2, -0.15) is 0 Å². The van der Waals surface area contributed by atoms with Crippen LogP contribution in [0.4, 0.5) is 0 Å². The summed E-state index contributed by atoms with van der Waals surface area (Å²) in [5, 5.41) is 9.55. The zero-order chi connectivity index (χ0) is 11.2. The van der Waals surface area contributed by atoms with Crippen molar-refractivity contribution in [3.63, 3.8) is 0 Å². The third-order valence-corrected chi connectivity index (χ3v) is 4.63. The molecule has 3 atom stereocenters. The van der Waals surface area contributed by atoms with Crippen LogP contribution in [0, 0.1) is 11.8 Å².